The van der Waals surface area contributed by atoms with Crippen LogP contribution in [0, 0.1) is 5.41 Å². The quantitative estimate of drug-likeness (QED) is 0.0375. The van der Waals surface area contributed by atoms with Crippen LogP contribution >= 0.6 is 47.0 Å². The minimum atomic E-state index is -2.06. The Balaban J connectivity index is 1.88. The number of nitrogens with two attached hydrogens (primary N) is 2. The molecule has 3 aromatic rings. The van der Waals surface area contributed by atoms with E-state index >= 15 is 0 Å². The van der Waals surface area contributed by atoms with Crippen LogP contribution in [0.4, 0.5) is 5.69 Å². The summed E-state index contributed by atoms with van der Waals surface area (Å²) in [5.41, 5.74) is 13.2. The zero-order valence-electron chi connectivity index (χ0n) is 21.7. The van der Waals surface area contributed by atoms with Gasteiger partial charge in [-0.3, -0.25) is 24.9 Å². The van der Waals surface area contributed by atoms with Crippen molar-refractivity contribution in [1.82, 2.24) is 20.9 Å². The van der Waals surface area contributed by atoms with Crippen molar-refractivity contribution in [3.8, 4) is 0 Å². The maximum atomic E-state index is 13.7. The lowest BCUT2D eigenvalue weighted by Gasteiger charge is -2.32. The first kappa shape index (κ1) is 32.0. The number of hydrogen-bond acceptors (Lipinski definition) is 6. The first-order valence-corrected chi connectivity index (χ1v) is 13.9. The van der Waals surface area contributed by atoms with E-state index < -0.39 is 27.8 Å². The number of thiocarbonyl (C=S) groups is 1. The van der Waals surface area contributed by atoms with Crippen LogP contribution in [0.2, 0.25) is 0 Å². The van der Waals surface area contributed by atoms with E-state index in [2.05, 4.69) is 20.9 Å². The van der Waals surface area contributed by atoms with Crippen LogP contribution < -0.4 is 32.3 Å². The highest BCUT2D eigenvalue weighted by molar-refractivity contribution is 7.80. The molecule has 41 heavy (non-hydrogen) atoms. The third-order valence-electron chi connectivity index (χ3n) is 5.71. The second-order valence-electron chi connectivity index (χ2n) is 8.79. The lowest BCUT2D eigenvalue weighted by molar-refractivity contribution is -0.119. The Morgan fingerprint density at radius 3 is 2.46 bits per heavy atom. The summed E-state index contributed by atoms with van der Waals surface area (Å²) in [5.74, 6) is -1.31. The van der Waals surface area contributed by atoms with Gasteiger partial charge >= 0.3 is 0 Å². The highest BCUT2D eigenvalue weighted by atomic mass is 35.6. The molecule has 0 saturated heterocycles. The van der Waals surface area contributed by atoms with Gasteiger partial charge in [0.15, 0.2) is 11.1 Å². The second-order valence-corrected chi connectivity index (χ2v) is 11.5. The van der Waals surface area contributed by atoms with Gasteiger partial charge in [0.1, 0.15) is 6.17 Å². The number of para-hydroxylation sites is 1. The first-order valence-electron chi connectivity index (χ1n) is 12.4. The molecule has 10 nitrogen and oxygen atoms in total. The van der Waals surface area contributed by atoms with Crippen molar-refractivity contribution in [3.63, 3.8) is 0 Å². The predicted octanol–water partition coefficient (Wildman–Crippen LogP) is 3.56. The van der Waals surface area contributed by atoms with E-state index in [-0.39, 0.29) is 17.5 Å². The molecule has 0 aliphatic carbocycles. The van der Waals surface area contributed by atoms with Gasteiger partial charge in [0, 0.05) is 24.2 Å². The van der Waals surface area contributed by atoms with E-state index in [1.165, 1.54) is 11.0 Å². The molecule has 0 aliphatic heterocycles. The van der Waals surface area contributed by atoms with Gasteiger partial charge in [0.05, 0.1) is 17.2 Å². The van der Waals surface area contributed by atoms with Gasteiger partial charge < -0.3 is 27.4 Å². The second kappa shape index (κ2) is 14.9. The fourth-order valence-electron chi connectivity index (χ4n) is 3.75. The molecule has 3 rings (SSSR count). The SMILES string of the molecule is N=C(N)NCCC[C@H](N)C(=O)N(C(=S)NC(NC(=O)/C=C/c1ccccc1)C(Cl)(Cl)Cl)c1cccc2cccnc12. The third kappa shape index (κ3) is 9.55. The number of nitrogens with zero attached hydrogens (tertiary/aromatic N) is 2. The summed E-state index contributed by atoms with van der Waals surface area (Å²) in [6.07, 6.45) is 3.84. The van der Waals surface area contributed by atoms with Crippen molar-refractivity contribution in [2.75, 3.05) is 11.4 Å². The number of halogens is 3. The first-order chi connectivity index (χ1) is 19.5. The topological polar surface area (TPSA) is 162 Å². The van der Waals surface area contributed by atoms with Crippen LogP contribution in [0.5, 0.6) is 0 Å². The summed E-state index contributed by atoms with van der Waals surface area (Å²) in [5, 5.41) is 15.9. The number of nitrogens with one attached hydrogen (secondary N) is 4. The summed E-state index contributed by atoms with van der Waals surface area (Å²) in [4.78, 5) is 32.0. The molecule has 0 fully saturated rings. The molecule has 0 spiro atoms. The van der Waals surface area contributed by atoms with E-state index in [0.29, 0.717) is 24.2 Å². The maximum Gasteiger partial charge on any atom is 0.250 e. The third-order valence-corrected chi connectivity index (χ3v) is 6.66. The lowest BCUT2D eigenvalue weighted by atomic mass is 10.1. The van der Waals surface area contributed by atoms with E-state index in [9.17, 15) is 9.59 Å². The van der Waals surface area contributed by atoms with Crippen LogP contribution in [-0.4, -0.2) is 50.4 Å². The Labute approximate surface area is 257 Å². The van der Waals surface area contributed by atoms with Crippen LogP contribution in [0.1, 0.15) is 18.4 Å². The summed E-state index contributed by atoms with van der Waals surface area (Å²) >= 11 is 24.2. The van der Waals surface area contributed by atoms with Crippen molar-refractivity contribution >= 4 is 92.6 Å². The van der Waals surface area contributed by atoms with Gasteiger partial charge in [0.2, 0.25) is 15.6 Å². The number of pyridine rings is 1. The van der Waals surface area contributed by atoms with Crippen molar-refractivity contribution in [2.45, 2.75) is 28.8 Å². The summed E-state index contributed by atoms with van der Waals surface area (Å²) in [6, 6.07) is 17.0. The maximum absolute atomic E-state index is 13.7. The largest absolute Gasteiger partial charge is 0.370 e. The van der Waals surface area contributed by atoms with Crippen molar-refractivity contribution in [3.05, 3.63) is 78.5 Å². The number of anilines is 1. The lowest BCUT2D eigenvalue weighted by Crippen LogP contribution is -2.60. The fraction of sp³-hybridized carbons (Fsp3) is 0.222. The average molecular weight is 636 g/mol. The summed E-state index contributed by atoms with van der Waals surface area (Å²) in [7, 11) is 0. The molecule has 1 heterocycles. The van der Waals surface area contributed by atoms with Crippen molar-refractivity contribution in [1.29, 1.82) is 5.41 Å². The van der Waals surface area contributed by atoms with Crippen LogP contribution in [-0.2, 0) is 9.59 Å². The Bertz CT molecular complexity index is 1410. The molecule has 1 unspecified atom stereocenters. The highest BCUT2D eigenvalue weighted by Gasteiger charge is 2.37. The molecule has 216 valence electrons. The number of fused-ring (bicyclic) bond motifs is 1. The van der Waals surface area contributed by atoms with Gasteiger partial charge in [-0.25, -0.2) is 0 Å². The fourth-order valence-corrected chi connectivity index (χ4v) is 4.38. The number of guanidine groups is 1. The Morgan fingerprint density at radius 1 is 1.07 bits per heavy atom. The van der Waals surface area contributed by atoms with Crippen LogP contribution in [0.15, 0.2) is 72.9 Å². The molecule has 8 N–H and O–H groups in total. The minimum Gasteiger partial charge on any atom is -0.370 e. The van der Waals surface area contributed by atoms with E-state index in [1.807, 2.05) is 42.5 Å². The number of hydrogen-bond donors (Lipinski definition) is 6. The Kier molecular flexibility index (Phi) is 11.7. The molecular weight excluding hydrogens is 607 g/mol. The number of amides is 2. The van der Waals surface area contributed by atoms with E-state index in [4.69, 9.17) is 63.9 Å². The molecule has 14 heteroatoms. The van der Waals surface area contributed by atoms with Crippen LogP contribution in [0.25, 0.3) is 17.0 Å². The molecule has 0 aliphatic rings. The normalized spacial score (nSPS) is 12.9. The van der Waals surface area contributed by atoms with Crippen molar-refractivity contribution < 1.29 is 9.59 Å². The number of rotatable bonds is 10. The molecule has 2 amide bonds. The zero-order chi connectivity index (χ0) is 30.0. The van der Waals surface area contributed by atoms with Gasteiger partial charge in [-0.05, 0) is 48.8 Å². The standard InChI is InChI=1S/C27H29Cl3N8O2S/c28-27(29,30)24(36-21(39)14-13-17-7-2-1-3-8-17)37-26(41)38(23(40)19(31)11-6-16-35-25(32)33)20-12-4-9-18-10-5-15-34-22(18)20/h1-5,7-10,12-15,19,24H,6,11,16,31H2,(H,36,39)(H,37,41)(H4,32,33,35)/b14-13+/t19-,24?/m0/s1. The minimum absolute atomic E-state index is 0.172. The van der Waals surface area contributed by atoms with Gasteiger partial charge in [-0.1, -0.05) is 83.3 Å². The van der Waals surface area contributed by atoms with Gasteiger partial charge in [-0.15, -0.1) is 0 Å². The molecule has 2 atom stereocenters. The monoisotopic (exact) mass is 634 g/mol. The van der Waals surface area contributed by atoms with Crippen molar-refractivity contribution in [2.24, 2.45) is 11.5 Å². The Hall–Kier alpha value is -3.48. The predicted molar refractivity (Wildman–Crippen MR) is 170 cm³/mol. The van der Waals surface area contributed by atoms with Gasteiger partial charge in [-0.2, -0.15) is 0 Å². The van der Waals surface area contributed by atoms with Gasteiger partial charge in [0.25, 0.3) is 0 Å². The highest BCUT2D eigenvalue weighted by Crippen LogP contribution is 2.30. The molecule has 0 saturated carbocycles. The Morgan fingerprint density at radius 2 is 1.78 bits per heavy atom. The summed E-state index contributed by atoms with van der Waals surface area (Å²) < 4.78 is -2.06. The van der Waals surface area contributed by atoms with E-state index in [0.717, 1.165) is 10.9 Å². The zero-order valence-corrected chi connectivity index (χ0v) is 24.8. The average Bonchev–Trinajstić information content (AvgIpc) is 2.94. The number of carbonyl (C=O) groups excluding carboxylic acids is 2. The number of aromatic nitrogens is 1. The molecule has 2 aromatic carbocycles. The number of alkyl halides is 3. The molecule has 1 aromatic heterocycles. The van der Waals surface area contributed by atoms with E-state index in [1.54, 1.807) is 30.5 Å². The molecule has 0 radical (unpaired) electrons. The molecule has 0 bridgehead atoms. The van der Waals surface area contributed by atoms with Crippen LogP contribution in [0.3, 0.4) is 0 Å². The number of benzene rings is 2. The number of carbonyl (C=O) groups is 2. The summed E-state index contributed by atoms with van der Waals surface area (Å²) in [6.45, 7) is 0.354. The molecular formula is C27H29Cl3N8O2S. The smallest absolute Gasteiger partial charge is 0.250 e.